The fourth-order valence-corrected chi connectivity index (χ4v) is 4.06. The maximum Gasteiger partial charge on any atom is 0.340 e. The molecule has 4 rings (SSSR count). The summed E-state index contributed by atoms with van der Waals surface area (Å²) in [4.78, 5) is 25.8. The topological polar surface area (TPSA) is 80.0 Å². The van der Waals surface area contributed by atoms with E-state index in [0.29, 0.717) is 28.8 Å². The van der Waals surface area contributed by atoms with Gasteiger partial charge in [-0.3, -0.25) is 4.79 Å². The number of carboxylic acid groups (broad SMARTS) is 1. The minimum absolute atomic E-state index is 0.00805. The van der Waals surface area contributed by atoms with Crippen LogP contribution in [0.2, 0.25) is 0 Å². The fourth-order valence-electron chi connectivity index (χ4n) is 4.06. The van der Waals surface area contributed by atoms with Gasteiger partial charge in [0.2, 0.25) is 5.91 Å². The third-order valence-corrected chi connectivity index (χ3v) is 5.38. The Bertz CT molecular complexity index is 1100. The zero-order valence-corrected chi connectivity index (χ0v) is 16.1. The normalized spacial score (nSPS) is 16.4. The molecule has 1 N–H and O–H groups in total. The van der Waals surface area contributed by atoms with Crippen LogP contribution in [0.3, 0.4) is 0 Å². The minimum atomic E-state index is -1.15. The quantitative estimate of drug-likeness (QED) is 0.694. The molecule has 0 spiro atoms. The van der Waals surface area contributed by atoms with E-state index in [9.17, 15) is 19.1 Å². The molecule has 2 heterocycles. The van der Waals surface area contributed by atoms with Gasteiger partial charge in [0.1, 0.15) is 28.5 Å². The maximum atomic E-state index is 13.3. The van der Waals surface area contributed by atoms with Gasteiger partial charge in [-0.15, -0.1) is 0 Å². The van der Waals surface area contributed by atoms with Crippen LogP contribution in [-0.2, 0) is 4.79 Å². The number of nitrogens with zero attached hydrogens (tertiary/aromatic N) is 1. The Morgan fingerprint density at radius 3 is 2.59 bits per heavy atom. The standard InChI is InChI=1S/C22H20FNO5/c1-12(25)24-9-3-4-17(24)15-10-19-16(11-18(15)28-2)20(22(26)27)21(29-19)13-5-7-14(23)8-6-13/h5-8,10-11,17H,3-4,9H2,1-2H3,(H,26,27). The van der Waals surface area contributed by atoms with Crippen molar-refractivity contribution in [3.63, 3.8) is 0 Å². The molecule has 1 aliphatic heterocycles. The van der Waals surface area contributed by atoms with E-state index in [1.807, 2.05) is 0 Å². The van der Waals surface area contributed by atoms with Gasteiger partial charge in [-0.25, -0.2) is 9.18 Å². The van der Waals surface area contributed by atoms with Gasteiger partial charge in [0.05, 0.1) is 13.2 Å². The van der Waals surface area contributed by atoms with Gasteiger partial charge >= 0.3 is 5.97 Å². The molecule has 1 fully saturated rings. The van der Waals surface area contributed by atoms with Crippen LogP contribution in [0.4, 0.5) is 4.39 Å². The summed E-state index contributed by atoms with van der Waals surface area (Å²) in [7, 11) is 1.51. The molecule has 1 amide bonds. The van der Waals surface area contributed by atoms with Crippen LogP contribution >= 0.6 is 0 Å². The molecule has 3 aromatic rings. The van der Waals surface area contributed by atoms with Crippen molar-refractivity contribution >= 4 is 22.8 Å². The van der Waals surface area contributed by atoms with Gasteiger partial charge in [-0.2, -0.15) is 0 Å². The number of methoxy groups -OCH3 is 1. The summed E-state index contributed by atoms with van der Waals surface area (Å²) in [6.45, 7) is 2.20. The van der Waals surface area contributed by atoms with Crippen molar-refractivity contribution in [2.75, 3.05) is 13.7 Å². The van der Waals surface area contributed by atoms with Crippen molar-refractivity contribution in [3.05, 3.63) is 53.3 Å². The Kier molecular flexibility index (Phi) is 4.74. The summed E-state index contributed by atoms with van der Waals surface area (Å²) in [5, 5.41) is 10.2. The number of carbonyl (C=O) groups excluding carboxylic acids is 1. The zero-order chi connectivity index (χ0) is 20.7. The largest absolute Gasteiger partial charge is 0.496 e. The molecule has 6 nitrogen and oxygen atoms in total. The van der Waals surface area contributed by atoms with Crippen LogP contribution in [0.5, 0.6) is 5.75 Å². The number of likely N-dealkylation sites (tertiary alicyclic amines) is 1. The molecule has 0 bridgehead atoms. The second-order valence-electron chi connectivity index (χ2n) is 7.08. The Labute approximate surface area is 166 Å². The molecule has 150 valence electrons. The number of fused-ring (bicyclic) bond motifs is 1. The van der Waals surface area contributed by atoms with E-state index in [-0.39, 0.29) is 23.3 Å². The Morgan fingerprint density at radius 1 is 1.24 bits per heavy atom. The summed E-state index contributed by atoms with van der Waals surface area (Å²) < 4.78 is 24.8. The SMILES string of the molecule is COc1cc2c(C(=O)O)c(-c3ccc(F)cc3)oc2cc1C1CCCN1C(C)=O. The highest BCUT2D eigenvalue weighted by atomic mass is 19.1. The second-order valence-corrected chi connectivity index (χ2v) is 7.08. The lowest BCUT2D eigenvalue weighted by Gasteiger charge is -2.25. The average molecular weight is 397 g/mol. The Hall–Kier alpha value is -3.35. The summed E-state index contributed by atoms with van der Waals surface area (Å²) >= 11 is 0. The van der Waals surface area contributed by atoms with Gasteiger partial charge < -0.3 is 19.2 Å². The van der Waals surface area contributed by atoms with Crippen molar-refractivity contribution in [2.24, 2.45) is 0 Å². The van der Waals surface area contributed by atoms with Gasteiger partial charge in [-0.1, -0.05) is 0 Å². The molecule has 0 aliphatic carbocycles. The van der Waals surface area contributed by atoms with Crippen LogP contribution in [-0.4, -0.2) is 35.5 Å². The lowest BCUT2D eigenvalue weighted by Crippen LogP contribution is -2.28. The van der Waals surface area contributed by atoms with E-state index in [1.54, 1.807) is 17.0 Å². The second kappa shape index (κ2) is 7.24. The number of ether oxygens (including phenoxy) is 1. The number of hydrogen-bond acceptors (Lipinski definition) is 4. The van der Waals surface area contributed by atoms with Crippen LogP contribution in [0, 0.1) is 5.82 Å². The maximum absolute atomic E-state index is 13.3. The first-order chi connectivity index (χ1) is 13.9. The number of hydrogen-bond donors (Lipinski definition) is 1. The van der Waals surface area contributed by atoms with E-state index in [4.69, 9.17) is 9.15 Å². The van der Waals surface area contributed by atoms with E-state index in [1.165, 1.54) is 38.3 Å². The van der Waals surface area contributed by atoms with Crippen LogP contribution < -0.4 is 4.74 Å². The van der Waals surface area contributed by atoms with Crippen molar-refractivity contribution in [2.45, 2.75) is 25.8 Å². The fraction of sp³-hybridized carbons (Fsp3) is 0.273. The summed E-state index contributed by atoms with van der Waals surface area (Å²) in [6.07, 6.45) is 1.67. The van der Waals surface area contributed by atoms with Gasteiger partial charge in [-0.05, 0) is 49.2 Å². The minimum Gasteiger partial charge on any atom is -0.496 e. The average Bonchev–Trinajstić information content (AvgIpc) is 3.31. The molecule has 1 saturated heterocycles. The first-order valence-electron chi connectivity index (χ1n) is 9.31. The number of carboxylic acids is 1. The third kappa shape index (κ3) is 3.22. The highest BCUT2D eigenvalue weighted by Crippen LogP contribution is 2.42. The lowest BCUT2D eigenvalue weighted by molar-refractivity contribution is -0.129. The van der Waals surface area contributed by atoms with E-state index >= 15 is 0 Å². The first kappa shape index (κ1) is 19.0. The predicted octanol–water partition coefficient (Wildman–Crippen LogP) is 4.63. The highest BCUT2D eigenvalue weighted by molar-refractivity contribution is 6.08. The molecule has 1 unspecified atom stereocenters. The highest BCUT2D eigenvalue weighted by Gasteiger charge is 2.32. The number of furan rings is 1. The summed E-state index contributed by atoms with van der Waals surface area (Å²) in [6, 6.07) is 8.70. The van der Waals surface area contributed by atoms with Crippen LogP contribution in [0.25, 0.3) is 22.3 Å². The third-order valence-electron chi connectivity index (χ3n) is 5.38. The number of carbonyl (C=O) groups is 2. The molecule has 2 aromatic carbocycles. The van der Waals surface area contributed by atoms with Crippen molar-refractivity contribution in [3.8, 4) is 17.1 Å². The van der Waals surface area contributed by atoms with Crippen molar-refractivity contribution < 1.29 is 28.2 Å². The molecular weight excluding hydrogens is 377 g/mol. The van der Waals surface area contributed by atoms with Crippen LogP contribution in [0.15, 0.2) is 40.8 Å². The lowest BCUT2D eigenvalue weighted by atomic mass is 9.99. The Morgan fingerprint density at radius 2 is 1.97 bits per heavy atom. The number of amides is 1. The summed E-state index contributed by atoms with van der Waals surface area (Å²) in [5.74, 6) is -0.932. The molecule has 0 saturated carbocycles. The number of halogens is 1. The van der Waals surface area contributed by atoms with E-state index < -0.39 is 11.8 Å². The zero-order valence-electron chi connectivity index (χ0n) is 16.1. The van der Waals surface area contributed by atoms with Crippen LogP contribution in [0.1, 0.15) is 41.7 Å². The van der Waals surface area contributed by atoms with Gasteiger partial charge in [0.15, 0.2) is 0 Å². The van der Waals surface area contributed by atoms with Crippen molar-refractivity contribution in [1.82, 2.24) is 4.90 Å². The smallest absolute Gasteiger partial charge is 0.340 e. The molecule has 1 aromatic heterocycles. The molecule has 0 radical (unpaired) electrons. The van der Waals surface area contributed by atoms with E-state index in [2.05, 4.69) is 0 Å². The number of rotatable bonds is 4. The number of benzene rings is 2. The monoisotopic (exact) mass is 397 g/mol. The number of aromatic carboxylic acids is 1. The van der Waals surface area contributed by atoms with E-state index in [0.717, 1.165) is 18.4 Å². The van der Waals surface area contributed by atoms with Gasteiger partial charge in [0.25, 0.3) is 0 Å². The van der Waals surface area contributed by atoms with Crippen molar-refractivity contribution in [1.29, 1.82) is 0 Å². The summed E-state index contributed by atoms with van der Waals surface area (Å²) in [5.41, 5.74) is 1.62. The molecule has 1 atom stereocenters. The Balaban J connectivity index is 1.92. The first-order valence-corrected chi connectivity index (χ1v) is 9.31. The van der Waals surface area contributed by atoms with Gasteiger partial charge in [0, 0.05) is 30.0 Å². The molecule has 1 aliphatic rings. The molecule has 29 heavy (non-hydrogen) atoms. The molecule has 7 heteroatoms. The molecular formula is C22H20FNO5. The predicted molar refractivity (Wildman–Crippen MR) is 104 cm³/mol.